The number of nitro benzene ring substituents is 1. The first kappa shape index (κ1) is 21.1. The lowest BCUT2D eigenvalue weighted by molar-refractivity contribution is -0.384. The van der Waals surface area contributed by atoms with Crippen LogP contribution < -0.4 is 0 Å². The number of non-ortho nitro benzene ring substituents is 1. The van der Waals surface area contributed by atoms with Crippen molar-refractivity contribution in [2.75, 3.05) is 0 Å². The Morgan fingerprint density at radius 2 is 1.94 bits per heavy atom. The highest BCUT2D eigenvalue weighted by molar-refractivity contribution is 6.33. The Labute approximate surface area is 185 Å². The molecule has 4 rings (SSSR count). The van der Waals surface area contributed by atoms with Gasteiger partial charge in [-0.2, -0.15) is 5.10 Å². The minimum atomic E-state index is -0.770. The van der Waals surface area contributed by atoms with Crippen LogP contribution in [0.1, 0.15) is 27.8 Å². The second-order valence-corrected chi connectivity index (χ2v) is 7.13. The van der Waals surface area contributed by atoms with Crippen molar-refractivity contribution in [2.24, 2.45) is 0 Å². The number of rotatable bonds is 6. The average molecular weight is 455 g/mol. The zero-order valence-corrected chi connectivity index (χ0v) is 17.6. The summed E-state index contributed by atoms with van der Waals surface area (Å²) in [5.41, 5.74) is 2.01. The molecule has 0 spiro atoms. The number of esters is 1. The highest BCUT2D eigenvalue weighted by atomic mass is 35.5. The Hall–Kier alpha value is -4.12. The Morgan fingerprint density at radius 3 is 2.59 bits per heavy atom. The van der Waals surface area contributed by atoms with E-state index in [1.165, 1.54) is 30.3 Å². The van der Waals surface area contributed by atoms with E-state index < -0.39 is 10.9 Å². The van der Waals surface area contributed by atoms with Gasteiger partial charge in [-0.25, -0.2) is 14.5 Å². The van der Waals surface area contributed by atoms with Crippen molar-refractivity contribution >= 4 is 23.3 Å². The van der Waals surface area contributed by atoms with Crippen LogP contribution >= 0.6 is 11.6 Å². The van der Waals surface area contributed by atoms with E-state index in [9.17, 15) is 14.9 Å². The van der Waals surface area contributed by atoms with Gasteiger partial charge in [-0.15, -0.1) is 10.2 Å². The SMILES string of the molecule is Cc1cc(C)n(-c2ccc(Cl)c(C(=O)OCc3nnc(-c4ccc([N+](=O)[O-])cc4)o3)n2)n1. The minimum absolute atomic E-state index is 0.0394. The lowest BCUT2D eigenvalue weighted by Crippen LogP contribution is -2.11. The van der Waals surface area contributed by atoms with Crippen LogP contribution in [0.15, 0.2) is 46.9 Å². The monoisotopic (exact) mass is 454 g/mol. The zero-order valence-electron chi connectivity index (χ0n) is 16.9. The number of carbonyl (C=O) groups is 1. The van der Waals surface area contributed by atoms with Crippen molar-refractivity contribution in [3.05, 3.63) is 80.6 Å². The standard InChI is InChI=1S/C20H15ClN6O5/c1-11-9-12(2)26(25-11)16-8-7-15(21)18(22-16)20(28)31-10-17-23-24-19(32-17)13-3-5-14(6-4-13)27(29)30/h3-9H,10H2,1-2H3. The minimum Gasteiger partial charge on any atom is -0.451 e. The maximum absolute atomic E-state index is 12.5. The summed E-state index contributed by atoms with van der Waals surface area (Å²) in [5, 5.41) is 22.9. The number of nitro groups is 1. The molecule has 11 nitrogen and oxygen atoms in total. The van der Waals surface area contributed by atoms with Gasteiger partial charge in [-0.3, -0.25) is 10.1 Å². The molecule has 0 aliphatic heterocycles. The zero-order chi connectivity index (χ0) is 22.8. The molecule has 12 heteroatoms. The lowest BCUT2D eigenvalue weighted by Gasteiger charge is -2.07. The second kappa shape index (κ2) is 8.55. The molecule has 0 aliphatic carbocycles. The van der Waals surface area contributed by atoms with Crippen molar-refractivity contribution in [3.8, 4) is 17.3 Å². The van der Waals surface area contributed by atoms with Gasteiger partial charge in [0, 0.05) is 23.4 Å². The molecule has 0 aliphatic rings. The summed E-state index contributed by atoms with van der Waals surface area (Å²) in [4.78, 5) is 27.1. The van der Waals surface area contributed by atoms with Gasteiger partial charge in [0.2, 0.25) is 5.89 Å². The number of pyridine rings is 1. The van der Waals surface area contributed by atoms with E-state index in [-0.39, 0.29) is 34.8 Å². The number of carbonyl (C=O) groups excluding carboxylic acids is 1. The predicted octanol–water partition coefficient (Wildman–Crippen LogP) is 3.85. The Kier molecular flexibility index (Phi) is 5.65. The van der Waals surface area contributed by atoms with Crippen LogP contribution in [0.2, 0.25) is 5.02 Å². The fourth-order valence-corrected chi connectivity index (χ4v) is 3.09. The summed E-state index contributed by atoms with van der Waals surface area (Å²) in [6.07, 6.45) is 0. The van der Waals surface area contributed by atoms with E-state index in [0.29, 0.717) is 11.4 Å². The van der Waals surface area contributed by atoms with Crippen LogP contribution in [0.4, 0.5) is 5.69 Å². The number of benzene rings is 1. The van der Waals surface area contributed by atoms with Crippen LogP contribution in [-0.2, 0) is 11.3 Å². The summed E-state index contributed by atoms with van der Waals surface area (Å²) >= 11 is 6.13. The normalized spacial score (nSPS) is 10.8. The van der Waals surface area contributed by atoms with Gasteiger partial charge in [0.05, 0.1) is 15.6 Å². The number of hydrogen-bond acceptors (Lipinski definition) is 9. The molecule has 162 valence electrons. The number of halogens is 1. The van der Waals surface area contributed by atoms with Gasteiger partial charge in [-0.1, -0.05) is 11.6 Å². The Bertz CT molecular complexity index is 1310. The van der Waals surface area contributed by atoms with Crippen LogP contribution in [0.25, 0.3) is 17.3 Å². The summed E-state index contributed by atoms with van der Waals surface area (Å²) in [6.45, 7) is 3.41. The largest absolute Gasteiger partial charge is 0.451 e. The molecule has 0 fully saturated rings. The molecule has 0 saturated heterocycles. The maximum atomic E-state index is 12.5. The predicted molar refractivity (Wildman–Crippen MR) is 111 cm³/mol. The third kappa shape index (κ3) is 4.32. The molecule has 0 saturated carbocycles. The molecule has 3 aromatic heterocycles. The second-order valence-electron chi connectivity index (χ2n) is 6.72. The molecule has 0 atom stereocenters. The summed E-state index contributed by atoms with van der Waals surface area (Å²) in [6, 6.07) is 10.7. The number of nitrogens with zero attached hydrogens (tertiary/aromatic N) is 6. The molecule has 3 heterocycles. The molecule has 0 unspecified atom stereocenters. The van der Waals surface area contributed by atoms with Crippen LogP contribution in [-0.4, -0.2) is 35.9 Å². The highest BCUT2D eigenvalue weighted by Gasteiger charge is 2.19. The highest BCUT2D eigenvalue weighted by Crippen LogP contribution is 2.22. The smallest absolute Gasteiger partial charge is 0.359 e. The van der Waals surface area contributed by atoms with Crippen LogP contribution in [0.5, 0.6) is 0 Å². The van der Waals surface area contributed by atoms with Gasteiger partial charge in [0.15, 0.2) is 18.1 Å². The van der Waals surface area contributed by atoms with E-state index >= 15 is 0 Å². The van der Waals surface area contributed by atoms with Gasteiger partial charge in [0.1, 0.15) is 0 Å². The van der Waals surface area contributed by atoms with E-state index in [4.69, 9.17) is 20.8 Å². The van der Waals surface area contributed by atoms with Crippen molar-refractivity contribution in [3.63, 3.8) is 0 Å². The van der Waals surface area contributed by atoms with E-state index in [2.05, 4.69) is 20.3 Å². The summed E-state index contributed by atoms with van der Waals surface area (Å²) < 4.78 is 12.3. The van der Waals surface area contributed by atoms with Crippen molar-refractivity contribution in [1.29, 1.82) is 0 Å². The molecule has 1 aromatic carbocycles. The van der Waals surface area contributed by atoms with E-state index in [0.717, 1.165) is 11.4 Å². The topological polar surface area (TPSA) is 139 Å². The first-order chi connectivity index (χ1) is 15.3. The van der Waals surface area contributed by atoms with Crippen molar-refractivity contribution < 1.29 is 18.9 Å². The fraction of sp³-hybridized carbons (Fsp3) is 0.150. The van der Waals surface area contributed by atoms with Crippen molar-refractivity contribution in [1.82, 2.24) is 25.0 Å². The molecule has 0 amide bonds. The molecular formula is C20H15ClN6O5. The number of hydrogen-bond donors (Lipinski definition) is 0. The molecular weight excluding hydrogens is 440 g/mol. The molecule has 4 aromatic rings. The van der Waals surface area contributed by atoms with E-state index in [1.807, 2.05) is 19.9 Å². The van der Waals surface area contributed by atoms with Gasteiger partial charge in [0.25, 0.3) is 11.6 Å². The summed E-state index contributed by atoms with van der Waals surface area (Å²) in [5.74, 6) is -0.176. The fourth-order valence-electron chi connectivity index (χ4n) is 2.90. The molecule has 0 bridgehead atoms. The average Bonchev–Trinajstić information content (AvgIpc) is 3.38. The van der Waals surface area contributed by atoms with Gasteiger partial charge in [-0.05, 0) is 44.2 Å². The first-order valence-electron chi connectivity index (χ1n) is 9.26. The molecule has 32 heavy (non-hydrogen) atoms. The molecule has 0 radical (unpaired) electrons. The maximum Gasteiger partial charge on any atom is 0.359 e. The van der Waals surface area contributed by atoms with E-state index in [1.54, 1.807) is 10.7 Å². The quantitative estimate of drug-likeness (QED) is 0.241. The third-order valence-electron chi connectivity index (χ3n) is 4.37. The van der Waals surface area contributed by atoms with Crippen LogP contribution in [0.3, 0.4) is 0 Å². The summed E-state index contributed by atoms with van der Waals surface area (Å²) in [7, 11) is 0. The number of ether oxygens (including phenoxy) is 1. The third-order valence-corrected chi connectivity index (χ3v) is 4.67. The van der Waals surface area contributed by atoms with Crippen LogP contribution in [0, 0.1) is 24.0 Å². The van der Waals surface area contributed by atoms with Crippen molar-refractivity contribution in [2.45, 2.75) is 20.5 Å². The van der Waals surface area contributed by atoms with Gasteiger partial charge < -0.3 is 9.15 Å². The number of aromatic nitrogens is 5. The Balaban J connectivity index is 1.47. The number of aryl methyl sites for hydroxylation is 2. The Morgan fingerprint density at radius 1 is 1.19 bits per heavy atom. The first-order valence-corrected chi connectivity index (χ1v) is 9.64. The lowest BCUT2D eigenvalue weighted by atomic mass is 10.2. The molecule has 0 N–H and O–H groups in total. The van der Waals surface area contributed by atoms with Gasteiger partial charge >= 0.3 is 5.97 Å².